The van der Waals surface area contributed by atoms with Crippen molar-refractivity contribution in [3.05, 3.63) is 35.4 Å². The van der Waals surface area contributed by atoms with Crippen molar-refractivity contribution in [1.29, 1.82) is 0 Å². The smallest absolute Gasteiger partial charge is 0.303 e. The van der Waals surface area contributed by atoms with Crippen LogP contribution in [-0.4, -0.2) is 11.1 Å². The zero-order valence-electron chi connectivity index (χ0n) is 7.49. The van der Waals surface area contributed by atoms with Crippen LogP contribution in [0.2, 0.25) is 0 Å². The van der Waals surface area contributed by atoms with Crippen molar-refractivity contribution in [3.63, 3.8) is 0 Å². The van der Waals surface area contributed by atoms with Crippen LogP contribution < -0.4 is 5.73 Å². The monoisotopic (exact) mass is 180 g/mol. The zero-order valence-corrected chi connectivity index (χ0v) is 7.49. The van der Waals surface area contributed by atoms with Crippen LogP contribution in [0, 0.1) is 0 Å². The standard InChI is InChI=1S/C10H13NO2/c11-7-9-4-2-1-3-8(9)5-6-10(12)13/h1-4H,5-7,11H2,(H,12,13)/p+1. The number of carbonyl (C=O) groups is 1. The Bertz CT molecular complexity index is 297. The van der Waals surface area contributed by atoms with E-state index in [0.717, 1.165) is 17.7 Å². The summed E-state index contributed by atoms with van der Waals surface area (Å²) >= 11 is 0. The van der Waals surface area contributed by atoms with Gasteiger partial charge >= 0.3 is 5.97 Å². The van der Waals surface area contributed by atoms with Gasteiger partial charge in [-0.05, 0) is 12.0 Å². The van der Waals surface area contributed by atoms with E-state index in [2.05, 4.69) is 5.73 Å². The Morgan fingerprint density at radius 1 is 1.31 bits per heavy atom. The summed E-state index contributed by atoms with van der Waals surface area (Å²) in [5.74, 6) is -0.751. The van der Waals surface area contributed by atoms with E-state index >= 15 is 0 Å². The lowest BCUT2D eigenvalue weighted by Gasteiger charge is -2.03. The summed E-state index contributed by atoms with van der Waals surface area (Å²) in [6.07, 6.45) is 0.790. The van der Waals surface area contributed by atoms with Crippen molar-refractivity contribution in [3.8, 4) is 0 Å². The van der Waals surface area contributed by atoms with Crippen LogP contribution in [0.3, 0.4) is 0 Å². The van der Waals surface area contributed by atoms with Crippen LogP contribution in [0.25, 0.3) is 0 Å². The quantitative estimate of drug-likeness (QED) is 0.706. The second kappa shape index (κ2) is 4.62. The first-order valence-electron chi connectivity index (χ1n) is 4.32. The molecule has 0 fully saturated rings. The highest BCUT2D eigenvalue weighted by Crippen LogP contribution is 2.09. The molecular weight excluding hydrogens is 166 g/mol. The van der Waals surface area contributed by atoms with Crippen LogP contribution in [0.15, 0.2) is 24.3 Å². The molecule has 0 aliphatic rings. The topological polar surface area (TPSA) is 64.9 Å². The van der Waals surface area contributed by atoms with Crippen LogP contribution in [0.1, 0.15) is 17.5 Å². The molecule has 0 radical (unpaired) electrons. The molecule has 1 aromatic rings. The molecule has 4 N–H and O–H groups in total. The van der Waals surface area contributed by atoms with Gasteiger partial charge in [-0.15, -0.1) is 0 Å². The predicted octanol–water partition coefficient (Wildman–Crippen LogP) is 0.446. The number of hydrogen-bond donors (Lipinski definition) is 2. The fourth-order valence-electron chi connectivity index (χ4n) is 1.29. The summed E-state index contributed by atoms with van der Waals surface area (Å²) in [5, 5.41) is 8.52. The average Bonchev–Trinajstić information content (AvgIpc) is 2.15. The molecule has 1 rings (SSSR count). The molecule has 70 valence electrons. The van der Waals surface area contributed by atoms with Gasteiger partial charge in [-0.3, -0.25) is 4.79 Å². The third kappa shape index (κ3) is 2.87. The molecular formula is C10H14NO2+. The molecule has 0 aliphatic heterocycles. The van der Waals surface area contributed by atoms with E-state index in [-0.39, 0.29) is 6.42 Å². The average molecular weight is 180 g/mol. The van der Waals surface area contributed by atoms with Crippen LogP contribution >= 0.6 is 0 Å². The van der Waals surface area contributed by atoms with Gasteiger partial charge in [0.2, 0.25) is 0 Å². The second-order valence-electron chi connectivity index (χ2n) is 2.91. The Hall–Kier alpha value is -1.35. The van der Waals surface area contributed by atoms with Gasteiger partial charge in [-0.1, -0.05) is 24.3 Å². The molecule has 3 heteroatoms. The summed E-state index contributed by atoms with van der Waals surface area (Å²) in [5.41, 5.74) is 6.04. The minimum absolute atomic E-state index is 0.191. The van der Waals surface area contributed by atoms with E-state index in [0.29, 0.717) is 6.42 Å². The minimum atomic E-state index is -0.751. The summed E-state index contributed by atoms with van der Waals surface area (Å²) in [6, 6.07) is 7.83. The molecule has 0 saturated carbocycles. The maximum absolute atomic E-state index is 10.4. The number of aliphatic carboxylic acids is 1. The highest BCUT2D eigenvalue weighted by atomic mass is 16.4. The van der Waals surface area contributed by atoms with E-state index in [1.807, 2.05) is 24.3 Å². The van der Waals surface area contributed by atoms with Gasteiger partial charge in [-0.25, -0.2) is 0 Å². The van der Waals surface area contributed by atoms with Gasteiger partial charge < -0.3 is 10.8 Å². The lowest BCUT2D eigenvalue weighted by atomic mass is 10.0. The van der Waals surface area contributed by atoms with Crippen molar-refractivity contribution in [2.24, 2.45) is 0 Å². The van der Waals surface area contributed by atoms with Crippen molar-refractivity contribution in [2.45, 2.75) is 19.4 Å². The Morgan fingerprint density at radius 2 is 1.92 bits per heavy atom. The summed E-state index contributed by atoms with van der Waals surface area (Å²) in [4.78, 5) is 10.4. The number of hydrogen-bond acceptors (Lipinski definition) is 1. The van der Waals surface area contributed by atoms with E-state index in [1.54, 1.807) is 0 Å². The fraction of sp³-hybridized carbons (Fsp3) is 0.300. The van der Waals surface area contributed by atoms with Gasteiger partial charge in [0.05, 0.1) is 6.54 Å². The molecule has 0 amide bonds. The third-order valence-electron chi connectivity index (χ3n) is 2.00. The first kappa shape index (κ1) is 9.74. The number of aryl methyl sites for hydroxylation is 1. The van der Waals surface area contributed by atoms with Crippen molar-refractivity contribution in [1.82, 2.24) is 0 Å². The highest BCUT2D eigenvalue weighted by Gasteiger charge is 2.03. The van der Waals surface area contributed by atoms with E-state index in [1.165, 1.54) is 0 Å². The summed E-state index contributed by atoms with van der Waals surface area (Å²) < 4.78 is 0. The number of carboxylic acids is 1. The first-order valence-corrected chi connectivity index (χ1v) is 4.32. The van der Waals surface area contributed by atoms with Gasteiger partial charge in [0, 0.05) is 12.0 Å². The molecule has 13 heavy (non-hydrogen) atoms. The summed E-state index contributed by atoms with van der Waals surface area (Å²) in [7, 11) is 0. The third-order valence-corrected chi connectivity index (χ3v) is 2.00. The molecule has 3 nitrogen and oxygen atoms in total. The Labute approximate surface area is 77.2 Å². The van der Waals surface area contributed by atoms with Crippen molar-refractivity contribution >= 4 is 5.97 Å². The molecule has 0 heterocycles. The molecule has 1 aromatic carbocycles. The lowest BCUT2D eigenvalue weighted by Crippen LogP contribution is -2.47. The predicted molar refractivity (Wildman–Crippen MR) is 49.0 cm³/mol. The first-order chi connectivity index (χ1) is 6.24. The van der Waals surface area contributed by atoms with Crippen LogP contribution in [0.5, 0.6) is 0 Å². The molecule has 0 atom stereocenters. The Balaban J connectivity index is 2.69. The van der Waals surface area contributed by atoms with Crippen LogP contribution in [0.4, 0.5) is 0 Å². The van der Waals surface area contributed by atoms with Gasteiger partial charge in [0.15, 0.2) is 0 Å². The van der Waals surface area contributed by atoms with Gasteiger partial charge in [-0.2, -0.15) is 0 Å². The van der Waals surface area contributed by atoms with Crippen molar-refractivity contribution < 1.29 is 15.6 Å². The highest BCUT2D eigenvalue weighted by molar-refractivity contribution is 5.67. The number of quaternary nitrogens is 1. The van der Waals surface area contributed by atoms with Crippen molar-refractivity contribution in [2.75, 3.05) is 0 Å². The number of benzene rings is 1. The summed E-state index contributed by atoms with van der Waals surface area (Å²) in [6.45, 7) is 0.718. The van der Waals surface area contributed by atoms with E-state index < -0.39 is 5.97 Å². The zero-order chi connectivity index (χ0) is 9.68. The van der Waals surface area contributed by atoms with Gasteiger partial charge in [0.1, 0.15) is 0 Å². The van der Waals surface area contributed by atoms with E-state index in [9.17, 15) is 4.79 Å². The lowest BCUT2D eigenvalue weighted by molar-refractivity contribution is -0.386. The SMILES string of the molecule is [NH3+]Cc1ccccc1CCC(=O)O. The number of rotatable bonds is 4. The minimum Gasteiger partial charge on any atom is -0.481 e. The molecule has 0 aliphatic carbocycles. The number of carboxylic acid groups (broad SMARTS) is 1. The molecule has 0 unspecified atom stereocenters. The largest absolute Gasteiger partial charge is 0.481 e. The van der Waals surface area contributed by atoms with Gasteiger partial charge in [0.25, 0.3) is 0 Å². The molecule has 0 spiro atoms. The van der Waals surface area contributed by atoms with Crippen LogP contribution in [-0.2, 0) is 17.8 Å². The molecule has 0 bridgehead atoms. The Morgan fingerprint density at radius 3 is 2.46 bits per heavy atom. The maximum Gasteiger partial charge on any atom is 0.303 e. The molecule has 0 saturated heterocycles. The Kier molecular flexibility index (Phi) is 3.46. The second-order valence-corrected chi connectivity index (χ2v) is 2.91. The normalized spacial score (nSPS) is 9.92. The maximum atomic E-state index is 10.4. The van der Waals surface area contributed by atoms with E-state index in [4.69, 9.17) is 5.11 Å². The molecule has 0 aromatic heterocycles. The fourth-order valence-corrected chi connectivity index (χ4v) is 1.29.